The first kappa shape index (κ1) is 15.7. The number of aromatic hydroxyl groups is 1. The van der Waals surface area contributed by atoms with Crippen molar-refractivity contribution >= 4 is 0 Å². The third kappa shape index (κ3) is 3.50. The van der Waals surface area contributed by atoms with Gasteiger partial charge in [0.15, 0.2) is 0 Å². The first-order valence-electron chi connectivity index (χ1n) is 7.25. The van der Waals surface area contributed by atoms with Crippen molar-refractivity contribution in [3.8, 4) is 17.2 Å². The predicted molar refractivity (Wildman–Crippen MR) is 90.8 cm³/mol. The summed E-state index contributed by atoms with van der Waals surface area (Å²) in [4.78, 5) is 0. The van der Waals surface area contributed by atoms with E-state index in [9.17, 15) is 5.11 Å². The minimum Gasteiger partial charge on any atom is -0.508 e. The van der Waals surface area contributed by atoms with Crippen LogP contribution >= 0.6 is 0 Å². The maximum Gasteiger partial charge on any atom is 0.147 e. The van der Waals surface area contributed by atoms with Gasteiger partial charge in [0.25, 0.3) is 0 Å². The molecule has 1 aromatic heterocycles. The molecule has 1 heterocycles. The maximum absolute atomic E-state index is 10.1. The number of ether oxygens (including phenoxy) is 1. The Morgan fingerprint density at radius 3 is 2.59 bits per heavy atom. The summed E-state index contributed by atoms with van der Waals surface area (Å²) in [6, 6.07) is 7.53. The van der Waals surface area contributed by atoms with Crippen LogP contribution in [0.5, 0.6) is 11.5 Å². The van der Waals surface area contributed by atoms with E-state index >= 15 is 0 Å². The van der Waals surface area contributed by atoms with E-state index in [1.54, 1.807) is 18.2 Å². The van der Waals surface area contributed by atoms with Gasteiger partial charge in [-0.15, -0.1) is 0 Å². The Bertz CT molecular complexity index is 682. The van der Waals surface area contributed by atoms with E-state index in [0.29, 0.717) is 12.4 Å². The van der Waals surface area contributed by atoms with E-state index in [-0.39, 0.29) is 5.75 Å². The zero-order chi connectivity index (χ0) is 15.9. The van der Waals surface area contributed by atoms with E-state index in [2.05, 4.69) is 13.2 Å². The van der Waals surface area contributed by atoms with Gasteiger partial charge in [-0.2, -0.15) is 0 Å². The molecule has 22 heavy (non-hydrogen) atoms. The molecule has 0 bridgehead atoms. The number of aromatic nitrogens is 1. The minimum atomic E-state index is 0.251. The summed E-state index contributed by atoms with van der Waals surface area (Å²) in [6.45, 7) is 9.81. The lowest BCUT2D eigenvalue weighted by Gasteiger charge is -2.15. The Morgan fingerprint density at radius 2 is 2.00 bits per heavy atom. The molecule has 0 atom stereocenters. The number of rotatable bonds is 7. The molecule has 1 aromatic carbocycles. The normalized spacial score (nSPS) is 11.2. The third-order valence-electron chi connectivity index (χ3n) is 3.41. The molecule has 2 rings (SSSR count). The van der Waals surface area contributed by atoms with Gasteiger partial charge in [-0.25, -0.2) is 0 Å². The Labute approximate surface area is 131 Å². The van der Waals surface area contributed by atoms with Crippen LogP contribution in [0.1, 0.15) is 12.5 Å². The molecule has 0 saturated heterocycles. The van der Waals surface area contributed by atoms with Gasteiger partial charge in [-0.3, -0.25) is 0 Å². The molecule has 0 aliphatic rings. The highest BCUT2D eigenvalue weighted by molar-refractivity contribution is 5.55. The molecule has 0 saturated carbocycles. The van der Waals surface area contributed by atoms with Crippen LogP contribution in [0, 0.1) is 0 Å². The summed E-state index contributed by atoms with van der Waals surface area (Å²) in [5.41, 5.74) is 2.72. The van der Waals surface area contributed by atoms with Crippen LogP contribution in [-0.4, -0.2) is 16.3 Å². The molecule has 114 valence electrons. The lowest BCUT2D eigenvalue weighted by atomic mass is 10.1. The van der Waals surface area contributed by atoms with Crippen molar-refractivity contribution in [1.29, 1.82) is 0 Å². The predicted octanol–water partition coefficient (Wildman–Crippen LogP) is 4.42. The van der Waals surface area contributed by atoms with Gasteiger partial charge >= 0.3 is 0 Å². The summed E-state index contributed by atoms with van der Waals surface area (Å²) >= 11 is 0. The zero-order valence-electron chi connectivity index (χ0n) is 12.8. The Balaban J connectivity index is 2.37. The number of nitrogens with zero attached hydrogens (tertiary/aromatic N) is 1. The van der Waals surface area contributed by atoms with Crippen LogP contribution in [0.15, 0.2) is 73.6 Å². The smallest absolute Gasteiger partial charge is 0.147 e. The second kappa shape index (κ2) is 7.36. The topological polar surface area (TPSA) is 34.4 Å². The maximum atomic E-state index is 10.1. The highest BCUT2D eigenvalue weighted by atomic mass is 16.5. The van der Waals surface area contributed by atoms with Crippen LogP contribution in [0.3, 0.4) is 0 Å². The van der Waals surface area contributed by atoms with Gasteiger partial charge in [0.1, 0.15) is 18.1 Å². The molecule has 0 radical (unpaired) electrons. The molecule has 3 heteroatoms. The molecular weight excluding hydrogens is 274 g/mol. The minimum absolute atomic E-state index is 0.251. The molecule has 3 nitrogen and oxygen atoms in total. The number of phenolic OH excluding ortho intramolecular Hbond substituents is 1. The fourth-order valence-corrected chi connectivity index (χ4v) is 2.18. The van der Waals surface area contributed by atoms with Gasteiger partial charge in [0, 0.05) is 18.5 Å². The van der Waals surface area contributed by atoms with E-state index in [1.807, 2.05) is 48.2 Å². The van der Waals surface area contributed by atoms with Gasteiger partial charge in [-0.05, 0) is 35.8 Å². The molecule has 1 N–H and O–H groups in total. The molecule has 0 unspecified atom stereocenters. The molecule has 0 spiro atoms. The van der Waals surface area contributed by atoms with Crippen molar-refractivity contribution in [2.75, 3.05) is 6.61 Å². The number of hydrogen-bond donors (Lipinski definition) is 1. The largest absolute Gasteiger partial charge is 0.508 e. The second-order valence-corrected chi connectivity index (χ2v) is 4.86. The van der Waals surface area contributed by atoms with E-state index in [1.165, 1.54) is 0 Å². The van der Waals surface area contributed by atoms with E-state index in [4.69, 9.17) is 4.74 Å². The van der Waals surface area contributed by atoms with Gasteiger partial charge < -0.3 is 14.4 Å². The zero-order valence-corrected chi connectivity index (χ0v) is 12.8. The highest BCUT2D eigenvalue weighted by Gasteiger charge is 2.11. The van der Waals surface area contributed by atoms with E-state index in [0.717, 1.165) is 23.2 Å². The fourth-order valence-electron chi connectivity index (χ4n) is 2.18. The van der Waals surface area contributed by atoms with Crippen molar-refractivity contribution in [1.82, 2.24) is 4.57 Å². The average molecular weight is 295 g/mol. The lowest BCUT2D eigenvalue weighted by Crippen LogP contribution is -2.04. The molecule has 0 fully saturated rings. The van der Waals surface area contributed by atoms with Crippen molar-refractivity contribution in [2.45, 2.75) is 13.3 Å². The van der Waals surface area contributed by atoms with E-state index < -0.39 is 0 Å². The van der Waals surface area contributed by atoms with Crippen LogP contribution in [0.25, 0.3) is 5.69 Å². The summed E-state index contributed by atoms with van der Waals surface area (Å²) in [7, 11) is 0. The summed E-state index contributed by atoms with van der Waals surface area (Å²) in [5, 5.41) is 10.1. The fraction of sp³-hybridized carbons (Fsp3) is 0.158. The first-order chi connectivity index (χ1) is 10.7. The number of aryl methyl sites for hydroxylation is 1. The number of phenols is 1. The Kier molecular flexibility index (Phi) is 5.26. The number of hydrogen-bond acceptors (Lipinski definition) is 2. The quantitative estimate of drug-likeness (QED) is 0.767. The van der Waals surface area contributed by atoms with Crippen molar-refractivity contribution in [3.63, 3.8) is 0 Å². The average Bonchev–Trinajstić information content (AvgIpc) is 3.05. The van der Waals surface area contributed by atoms with Gasteiger partial charge in [0.05, 0.1) is 5.69 Å². The van der Waals surface area contributed by atoms with Crippen LogP contribution in [0.2, 0.25) is 0 Å². The highest BCUT2D eigenvalue weighted by Crippen LogP contribution is 2.32. The van der Waals surface area contributed by atoms with Crippen LogP contribution in [-0.2, 0) is 6.42 Å². The number of benzene rings is 1. The van der Waals surface area contributed by atoms with Crippen molar-refractivity contribution in [3.05, 3.63) is 79.2 Å². The van der Waals surface area contributed by atoms with Crippen molar-refractivity contribution < 1.29 is 9.84 Å². The monoisotopic (exact) mass is 295 g/mol. The summed E-state index contributed by atoms with van der Waals surface area (Å²) in [5.74, 6) is 0.879. The second-order valence-electron chi connectivity index (χ2n) is 4.86. The lowest BCUT2D eigenvalue weighted by molar-refractivity contribution is 0.351. The summed E-state index contributed by atoms with van der Waals surface area (Å²) in [6.07, 6.45) is 9.94. The molecule has 0 aliphatic carbocycles. The molecular formula is C19H21NO2. The van der Waals surface area contributed by atoms with Gasteiger partial charge in [0.2, 0.25) is 0 Å². The Morgan fingerprint density at radius 1 is 1.27 bits per heavy atom. The first-order valence-corrected chi connectivity index (χ1v) is 7.25. The van der Waals surface area contributed by atoms with Crippen LogP contribution < -0.4 is 4.74 Å². The van der Waals surface area contributed by atoms with Crippen LogP contribution in [0.4, 0.5) is 0 Å². The van der Waals surface area contributed by atoms with Gasteiger partial charge in [-0.1, -0.05) is 38.3 Å². The van der Waals surface area contributed by atoms with Crippen molar-refractivity contribution in [2.24, 2.45) is 0 Å². The summed E-state index contributed by atoms with van der Waals surface area (Å²) < 4.78 is 7.85. The standard InChI is InChI=1S/C19H21NO2/c1-4-9-15(5-2)14-22-19-13-18(21)16(6-3)12-17(19)20-10-7-8-11-20/h4-5,7-13,21H,1-2,6,14H2,3H3/b15-9+. The Hall–Kier alpha value is -2.68. The SMILES string of the molecule is C=C/C=C(\C=C)COc1cc(O)c(CC)cc1-n1cccc1. The molecule has 2 aromatic rings. The molecule has 0 aliphatic heterocycles. The number of allylic oxidation sites excluding steroid dienone is 2. The third-order valence-corrected chi connectivity index (χ3v) is 3.41. The molecule has 0 amide bonds.